The molecule has 0 spiro atoms. The van der Waals surface area contributed by atoms with E-state index in [9.17, 15) is 5.11 Å². The maximum absolute atomic E-state index is 10.9. The molecule has 0 saturated heterocycles. The highest BCUT2D eigenvalue weighted by atomic mass is 35.5. The highest BCUT2D eigenvalue weighted by Gasteiger charge is 2.56. The molecular formula is C24H28ClNO2. The minimum absolute atomic E-state index is 0.118. The van der Waals surface area contributed by atoms with Crippen molar-refractivity contribution in [3.63, 3.8) is 0 Å². The molecule has 0 heterocycles. The summed E-state index contributed by atoms with van der Waals surface area (Å²) >= 11 is 6.22. The van der Waals surface area contributed by atoms with Crippen molar-refractivity contribution in [2.24, 2.45) is 11.8 Å². The summed E-state index contributed by atoms with van der Waals surface area (Å²) in [4.78, 5) is 0. The van der Waals surface area contributed by atoms with Gasteiger partial charge in [-0.2, -0.15) is 0 Å². The summed E-state index contributed by atoms with van der Waals surface area (Å²) in [6.45, 7) is 1.29. The number of aliphatic hydroxyl groups is 1. The molecule has 4 fully saturated rings. The third kappa shape index (κ3) is 3.68. The lowest BCUT2D eigenvalue weighted by Crippen LogP contribution is -2.64. The average molecular weight is 398 g/mol. The second-order valence-corrected chi connectivity index (χ2v) is 9.75. The van der Waals surface area contributed by atoms with Gasteiger partial charge in [0.25, 0.3) is 0 Å². The van der Waals surface area contributed by atoms with Crippen LogP contribution in [0.4, 0.5) is 0 Å². The molecule has 0 amide bonds. The molecule has 4 heteroatoms. The van der Waals surface area contributed by atoms with E-state index in [4.69, 9.17) is 16.3 Å². The molecule has 0 aliphatic heterocycles. The fourth-order valence-electron chi connectivity index (χ4n) is 6.23. The van der Waals surface area contributed by atoms with E-state index in [1.54, 1.807) is 0 Å². The Hall–Kier alpha value is -1.55. The number of hydrogen-bond donors (Lipinski definition) is 2. The summed E-state index contributed by atoms with van der Waals surface area (Å²) in [5, 5.41) is 15.5. The Morgan fingerprint density at radius 3 is 2.57 bits per heavy atom. The second-order valence-electron chi connectivity index (χ2n) is 9.35. The number of halogens is 1. The van der Waals surface area contributed by atoms with Crippen LogP contribution in [0.15, 0.2) is 48.5 Å². The van der Waals surface area contributed by atoms with Gasteiger partial charge in [-0.1, -0.05) is 41.9 Å². The molecule has 2 aromatic rings. The standard InChI is InChI=1S/C24H28ClNO2/c25-22-7-2-1-5-20(22)15-28-21-6-3-4-17(9-21)14-26-23-10-18-8-19(11-23)13-24(27,12-18)16-23/h1-7,9,18-19,26-27H,8,10-16H2. The molecular weight excluding hydrogens is 370 g/mol. The Morgan fingerprint density at radius 1 is 1.04 bits per heavy atom. The molecule has 0 radical (unpaired) electrons. The first-order valence-electron chi connectivity index (χ1n) is 10.4. The molecule has 6 rings (SSSR count). The summed E-state index contributed by atoms with van der Waals surface area (Å²) in [6.07, 6.45) is 6.69. The van der Waals surface area contributed by atoms with E-state index in [-0.39, 0.29) is 5.54 Å². The van der Waals surface area contributed by atoms with Gasteiger partial charge in [-0.25, -0.2) is 0 Å². The Kier molecular flexibility index (Phi) is 4.65. The van der Waals surface area contributed by atoms with Crippen molar-refractivity contribution >= 4 is 11.6 Å². The summed E-state index contributed by atoms with van der Waals surface area (Å²) in [7, 11) is 0. The second kappa shape index (κ2) is 7.05. The van der Waals surface area contributed by atoms with Gasteiger partial charge in [0.1, 0.15) is 12.4 Å². The van der Waals surface area contributed by atoms with Gasteiger partial charge in [0.15, 0.2) is 0 Å². The summed E-state index contributed by atoms with van der Waals surface area (Å²) in [6, 6.07) is 16.1. The number of nitrogens with one attached hydrogen (secondary N) is 1. The van der Waals surface area contributed by atoms with Gasteiger partial charge >= 0.3 is 0 Å². The highest BCUT2D eigenvalue weighted by Crippen LogP contribution is 2.57. The van der Waals surface area contributed by atoms with Crippen LogP contribution < -0.4 is 10.1 Å². The Balaban J connectivity index is 1.23. The lowest BCUT2D eigenvalue weighted by molar-refractivity contribution is -0.142. The summed E-state index contributed by atoms with van der Waals surface area (Å²) in [5.41, 5.74) is 1.92. The molecule has 2 atom stereocenters. The zero-order valence-corrected chi connectivity index (χ0v) is 16.9. The third-order valence-corrected chi connectivity index (χ3v) is 7.32. The zero-order valence-electron chi connectivity index (χ0n) is 16.2. The van der Waals surface area contributed by atoms with Crippen molar-refractivity contribution in [2.45, 2.75) is 62.8 Å². The van der Waals surface area contributed by atoms with E-state index >= 15 is 0 Å². The molecule has 28 heavy (non-hydrogen) atoms. The lowest BCUT2D eigenvalue weighted by atomic mass is 9.51. The fraction of sp³-hybridized carbons (Fsp3) is 0.500. The predicted molar refractivity (Wildman–Crippen MR) is 111 cm³/mol. The van der Waals surface area contributed by atoms with Gasteiger partial charge < -0.3 is 15.2 Å². The van der Waals surface area contributed by atoms with Crippen molar-refractivity contribution in [1.29, 1.82) is 0 Å². The zero-order chi connectivity index (χ0) is 19.2. The third-order valence-electron chi connectivity index (χ3n) is 6.95. The lowest BCUT2D eigenvalue weighted by Gasteiger charge is -2.60. The monoisotopic (exact) mass is 397 g/mol. The van der Waals surface area contributed by atoms with E-state index in [0.29, 0.717) is 18.4 Å². The van der Waals surface area contributed by atoms with Gasteiger partial charge in [0, 0.05) is 22.7 Å². The predicted octanol–water partition coefficient (Wildman–Crippen LogP) is 5.09. The molecule has 4 aliphatic carbocycles. The first kappa shape index (κ1) is 18.5. The van der Waals surface area contributed by atoms with Crippen LogP contribution in [0, 0.1) is 11.8 Å². The van der Waals surface area contributed by atoms with Crippen LogP contribution in [0.1, 0.15) is 49.7 Å². The number of rotatable bonds is 6. The molecule has 4 saturated carbocycles. The minimum Gasteiger partial charge on any atom is -0.489 e. The van der Waals surface area contributed by atoms with Crippen LogP contribution in [-0.4, -0.2) is 16.2 Å². The molecule has 2 N–H and O–H groups in total. The van der Waals surface area contributed by atoms with Crippen LogP contribution in [0.2, 0.25) is 5.02 Å². The molecule has 2 aromatic carbocycles. The van der Waals surface area contributed by atoms with E-state index in [0.717, 1.165) is 42.1 Å². The Labute approximate surface area is 172 Å². The van der Waals surface area contributed by atoms with Crippen LogP contribution in [-0.2, 0) is 13.2 Å². The number of benzene rings is 2. The van der Waals surface area contributed by atoms with E-state index in [1.165, 1.54) is 24.8 Å². The molecule has 2 unspecified atom stereocenters. The van der Waals surface area contributed by atoms with Gasteiger partial charge in [-0.3, -0.25) is 0 Å². The normalized spacial score (nSPS) is 33.2. The molecule has 0 aromatic heterocycles. The largest absolute Gasteiger partial charge is 0.489 e. The topological polar surface area (TPSA) is 41.5 Å². The summed E-state index contributed by atoms with van der Waals surface area (Å²) in [5.74, 6) is 2.26. The van der Waals surface area contributed by atoms with Gasteiger partial charge in [-0.15, -0.1) is 0 Å². The van der Waals surface area contributed by atoms with Crippen LogP contribution in [0.3, 0.4) is 0 Å². The molecule has 4 bridgehead atoms. The van der Waals surface area contributed by atoms with Crippen molar-refractivity contribution in [3.05, 3.63) is 64.7 Å². The average Bonchev–Trinajstić information content (AvgIpc) is 2.64. The minimum atomic E-state index is -0.420. The van der Waals surface area contributed by atoms with Gasteiger partial charge in [0.05, 0.1) is 5.60 Å². The van der Waals surface area contributed by atoms with Crippen molar-refractivity contribution < 1.29 is 9.84 Å². The van der Waals surface area contributed by atoms with E-state index < -0.39 is 5.60 Å². The summed E-state index contributed by atoms with van der Waals surface area (Å²) < 4.78 is 5.97. The van der Waals surface area contributed by atoms with E-state index in [1.807, 2.05) is 36.4 Å². The SMILES string of the molecule is OC12CC3CC(C1)CC(NCc1cccc(OCc4ccccc4Cl)c1)(C3)C2. The van der Waals surface area contributed by atoms with Crippen molar-refractivity contribution in [3.8, 4) is 5.75 Å². The van der Waals surface area contributed by atoms with Gasteiger partial charge in [0.2, 0.25) is 0 Å². The van der Waals surface area contributed by atoms with Crippen LogP contribution in [0.5, 0.6) is 5.75 Å². The molecule has 148 valence electrons. The first-order valence-corrected chi connectivity index (χ1v) is 10.8. The maximum Gasteiger partial charge on any atom is 0.120 e. The number of ether oxygens (including phenoxy) is 1. The Bertz CT molecular complexity index is 853. The maximum atomic E-state index is 10.9. The Morgan fingerprint density at radius 2 is 1.82 bits per heavy atom. The van der Waals surface area contributed by atoms with Crippen molar-refractivity contribution in [1.82, 2.24) is 5.32 Å². The first-order chi connectivity index (χ1) is 13.5. The van der Waals surface area contributed by atoms with E-state index in [2.05, 4.69) is 17.4 Å². The number of hydrogen-bond acceptors (Lipinski definition) is 3. The fourth-order valence-corrected chi connectivity index (χ4v) is 6.42. The van der Waals surface area contributed by atoms with Crippen molar-refractivity contribution in [2.75, 3.05) is 0 Å². The van der Waals surface area contributed by atoms with Crippen LogP contribution >= 0.6 is 11.6 Å². The quantitative estimate of drug-likeness (QED) is 0.713. The molecule has 3 nitrogen and oxygen atoms in total. The van der Waals surface area contributed by atoms with Crippen LogP contribution in [0.25, 0.3) is 0 Å². The van der Waals surface area contributed by atoms with Gasteiger partial charge in [-0.05, 0) is 74.1 Å². The molecule has 4 aliphatic rings. The highest BCUT2D eigenvalue weighted by molar-refractivity contribution is 6.31. The smallest absolute Gasteiger partial charge is 0.120 e.